The Balaban J connectivity index is 2.60. The summed E-state index contributed by atoms with van der Waals surface area (Å²) >= 11 is 0. The van der Waals surface area contributed by atoms with E-state index in [4.69, 9.17) is 5.73 Å². The van der Waals surface area contributed by atoms with Gasteiger partial charge in [0.1, 0.15) is 0 Å². The van der Waals surface area contributed by atoms with Crippen LogP contribution in [-0.2, 0) is 4.74 Å². The Hall–Kier alpha value is -0.770. The molecule has 1 rings (SSSR count). The first-order valence-corrected chi connectivity index (χ1v) is 4.56. The summed E-state index contributed by atoms with van der Waals surface area (Å²) in [5, 5.41) is 0. The molecule has 0 spiro atoms. The molecule has 1 atom stereocenters. The van der Waals surface area contributed by atoms with Crippen molar-refractivity contribution in [3.63, 3.8) is 0 Å². The van der Waals surface area contributed by atoms with E-state index in [1.807, 2.05) is 0 Å². The molecule has 13 heavy (non-hydrogen) atoms. The first kappa shape index (κ1) is 10.3. The highest BCUT2D eigenvalue weighted by molar-refractivity contribution is 5.67. The molecule has 0 bridgehead atoms. The lowest BCUT2D eigenvalue weighted by Crippen LogP contribution is -2.53. The smallest absolute Gasteiger partial charge is 0.409 e. The highest BCUT2D eigenvalue weighted by Crippen LogP contribution is 2.27. The highest BCUT2D eigenvalue weighted by atomic mass is 16.5. The average Bonchev–Trinajstić information content (AvgIpc) is 2.08. The molecule has 0 aliphatic carbocycles. The van der Waals surface area contributed by atoms with Crippen molar-refractivity contribution >= 4 is 6.09 Å². The topological polar surface area (TPSA) is 55.6 Å². The van der Waals surface area contributed by atoms with Crippen LogP contribution in [0.4, 0.5) is 4.79 Å². The maximum absolute atomic E-state index is 11.2. The molecule has 1 heterocycles. The van der Waals surface area contributed by atoms with Crippen LogP contribution in [0.2, 0.25) is 0 Å². The van der Waals surface area contributed by atoms with Gasteiger partial charge in [-0.2, -0.15) is 0 Å². The minimum atomic E-state index is -0.250. The van der Waals surface area contributed by atoms with Gasteiger partial charge in [-0.05, 0) is 11.8 Å². The Morgan fingerprint density at radius 1 is 1.62 bits per heavy atom. The number of piperidine rings is 1. The fourth-order valence-electron chi connectivity index (χ4n) is 1.66. The summed E-state index contributed by atoms with van der Waals surface area (Å²) in [5.41, 5.74) is 5.93. The van der Waals surface area contributed by atoms with E-state index >= 15 is 0 Å². The zero-order chi connectivity index (χ0) is 10.1. The summed E-state index contributed by atoms with van der Waals surface area (Å²) in [6.07, 6.45) is 0.599. The van der Waals surface area contributed by atoms with Crippen LogP contribution in [0.15, 0.2) is 0 Å². The van der Waals surface area contributed by atoms with Crippen molar-refractivity contribution in [1.82, 2.24) is 4.90 Å². The van der Waals surface area contributed by atoms with Crippen molar-refractivity contribution in [1.29, 1.82) is 0 Å². The van der Waals surface area contributed by atoms with Crippen LogP contribution in [0.5, 0.6) is 0 Å². The lowest BCUT2D eigenvalue weighted by molar-refractivity contribution is 0.0705. The van der Waals surface area contributed by atoms with E-state index < -0.39 is 0 Å². The summed E-state index contributed by atoms with van der Waals surface area (Å²) in [7, 11) is 1.41. The van der Waals surface area contributed by atoms with Crippen LogP contribution in [0, 0.1) is 5.41 Å². The van der Waals surface area contributed by atoms with Crippen LogP contribution in [-0.4, -0.2) is 37.2 Å². The number of rotatable bonds is 0. The van der Waals surface area contributed by atoms with Gasteiger partial charge < -0.3 is 15.4 Å². The first-order valence-electron chi connectivity index (χ1n) is 4.56. The van der Waals surface area contributed by atoms with Gasteiger partial charge in [0.05, 0.1) is 7.11 Å². The fraction of sp³-hybridized carbons (Fsp3) is 0.889. The Morgan fingerprint density at radius 2 is 2.23 bits per heavy atom. The number of nitrogens with two attached hydrogens (primary N) is 1. The van der Waals surface area contributed by atoms with Crippen molar-refractivity contribution in [3.05, 3.63) is 0 Å². The van der Waals surface area contributed by atoms with Crippen LogP contribution >= 0.6 is 0 Å². The fourth-order valence-corrected chi connectivity index (χ4v) is 1.66. The summed E-state index contributed by atoms with van der Waals surface area (Å²) in [4.78, 5) is 12.9. The first-order chi connectivity index (χ1) is 5.97. The van der Waals surface area contributed by atoms with E-state index in [1.165, 1.54) is 7.11 Å². The molecule has 0 saturated carbocycles. The van der Waals surface area contributed by atoms with Gasteiger partial charge in [-0.1, -0.05) is 13.8 Å². The van der Waals surface area contributed by atoms with Gasteiger partial charge in [0, 0.05) is 19.1 Å². The minimum Gasteiger partial charge on any atom is -0.453 e. The molecule has 0 aromatic rings. The van der Waals surface area contributed by atoms with E-state index in [0.29, 0.717) is 13.1 Å². The molecule has 4 heteroatoms. The van der Waals surface area contributed by atoms with Gasteiger partial charge >= 0.3 is 6.09 Å². The third-order valence-electron chi connectivity index (χ3n) is 2.74. The maximum Gasteiger partial charge on any atom is 0.409 e. The molecule has 1 aliphatic rings. The Morgan fingerprint density at radius 3 is 2.69 bits per heavy atom. The van der Waals surface area contributed by atoms with Crippen molar-refractivity contribution in [2.45, 2.75) is 26.3 Å². The Labute approximate surface area is 79.0 Å². The number of likely N-dealkylation sites (tertiary alicyclic amines) is 1. The van der Waals surface area contributed by atoms with Crippen molar-refractivity contribution in [2.75, 3.05) is 20.2 Å². The lowest BCUT2D eigenvalue weighted by atomic mass is 9.80. The molecular formula is C9H18N2O2. The van der Waals surface area contributed by atoms with Gasteiger partial charge in [-0.25, -0.2) is 4.79 Å². The molecule has 2 N–H and O–H groups in total. The second-order valence-corrected chi connectivity index (χ2v) is 4.28. The van der Waals surface area contributed by atoms with Gasteiger partial charge in [0.2, 0.25) is 0 Å². The summed E-state index contributed by atoms with van der Waals surface area (Å²) in [5.74, 6) is 0. The predicted molar refractivity (Wildman–Crippen MR) is 50.4 cm³/mol. The number of nitrogens with zero attached hydrogens (tertiary/aromatic N) is 1. The number of amides is 1. The third kappa shape index (κ3) is 2.12. The Kier molecular flexibility index (Phi) is 2.81. The van der Waals surface area contributed by atoms with Gasteiger partial charge in [0.25, 0.3) is 0 Å². The number of hydrogen-bond acceptors (Lipinski definition) is 3. The lowest BCUT2D eigenvalue weighted by Gasteiger charge is -2.41. The van der Waals surface area contributed by atoms with Gasteiger partial charge in [-0.15, -0.1) is 0 Å². The van der Waals surface area contributed by atoms with Crippen LogP contribution < -0.4 is 5.73 Å². The number of carbonyl (C=O) groups excluding carboxylic acids is 1. The standard InChI is InChI=1S/C9H18N2O2/c1-9(2)6-11(8(12)13-3)5-4-7(9)10/h7H,4-6,10H2,1-3H3. The van der Waals surface area contributed by atoms with E-state index in [0.717, 1.165) is 6.42 Å². The average molecular weight is 186 g/mol. The van der Waals surface area contributed by atoms with Crippen molar-refractivity contribution in [3.8, 4) is 0 Å². The van der Waals surface area contributed by atoms with Crippen molar-refractivity contribution in [2.24, 2.45) is 11.1 Å². The second kappa shape index (κ2) is 3.54. The number of hydrogen-bond donors (Lipinski definition) is 1. The molecule has 0 radical (unpaired) electrons. The van der Waals surface area contributed by atoms with Crippen LogP contribution in [0.25, 0.3) is 0 Å². The largest absolute Gasteiger partial charge is 0.453 e. The quantitative estimate of drug-likeness (QED) is 0.609. The Bertz CT molecular complexity index is 204. The molecular weight excluding hydrogens is 168 g/mol. The van der Waals surface area contributed by atoms with E-state index in [-0.39, 0.29) is 17.6 Å². The van der Waals surface area contributed by atoms with E-state index in [1.54, 1.807) is 4.90 Å². The van der Waals surface area contributed by atoms with Crippen molar-refractivity contribution < 1.29 is 9.53 Å². The normalized spacial score (nSPS) is 27.1. The summed E-state index contributed by atoms with van der Waals surface area (Å²) in [6.45, 7) is 5.54. The molecule has 4 nitrogen and oxygen atoms in total. The van der Waals surface area contributed by atoms with Gasteiger partial charge in [-0.3, -0.25) is 0 Å². The number of carbonyl (C=O) groups is 1. The molecule has 1 amide bonds. The number of ether oxygens (including phenoxy) is 1. The maximum atomic E-state index is 11.2. The molecule has 1 aliphatic heterocycles. The second-order valence-electron chi connectivity index (χ2n) is 4.28. The van der Waals surface area contributed by atoms with E-state index in [2.05, 4.69) is 18.6 Å². The van der Waals surface area contributed by atoms with Crippen LogP contribution in [0.1, 0.15) is 20.3 Å². The SMILES string of the molecule is COC(=O)N1CCC(N)C(C)(C)C1. The molecule has 1 unspecified atom stereocenters. The molecule has 0 aromatic carbocycles. The molecule has 76 valence electrons. The molecule has 0 aromatic heterocycles. The monoisotopic (exact) mass is 186 g/mol. The summed E-state index contributed by atoms with van der Waals surface area (Å²) in [6, 6.07) is 0.174. The summed E-state index contributed by atoms with van der Waals surface area (Å²) < 4.78 is 4.66. The van der Waals surface area contributed by atoms with E-state index in [9.17, 15) is 4.79 Å². The van der Waals surface area contributed by atoms with Gasteiger partial charge in [0.15, 0.2) is 0 Å². The minimum absolute atomic E-state index is 0.00750. The predicted octanol–water partition coefficient (Wildman–Crippen LogP) is 0.812. The zero-order valence-corrected chi connectivity index (χ0v) is 8.54. The highest BCUT2D eigenvalue weighted by Gasteiger charge is 2.35. The third-order valence-corrected chi connectivity index (χ3v) is 2.74. The van der Waals surface area contributed by atoms with Crippen LogP contribution in [0.3, 0.4) is 0 Å². The number of methoxy groups -OCH3 is 1. The molecule has 1 fully saturated rings. The zero-order valence-electron chi connectivity index (χ0n) is 8.54. The molecule has 1 saturated heterocycles.